The Kier molecular flexibility index (Phi) is 4.97. The summed E-state index contributed by atoms with van der Waals surface area (Å²) in [5.74, 6) is -0.538. The van der Waals surface area contributed by atoms with E-state index >= 15 is 0 Å². The number of tetrazole rings is 1. The number of benzene rings is 2. The van der Waals surface area contributed by atoms with Crippen LogP contribution in [0.3, 0.4) is 0 Å². The SMILES string of the molecule is O=C1COc2ccc(C(=O)COC(=O)Cn3nnc(-c4ccccc4)n3)cc2N1. The Morgan fingerprint density at radius 1 is 1.17 bits per heavy atom. The minimum absolute atomic E-state index is 0.0692. The molecule has 0 saturated carbocycles. The summed E-state index contributed by atoms with van der Waals surface area (Å²) in [6.45, 7) is -0.798. The summed E-state index contributed by atoms with van der Waals surface area (Å²) in [7, 11) is 0. The van der Waals surface area contributed by atoms with Gasteiger partial charge in [-0.25, -0.2) is 4.79 Å². The number of fused-ring (bicyclic) bond motifs is 1. The lowest BCUT2D eigenvalue weighted by Gasteiger charge is -2.18. The lowest BCUT2D eigenvalue weighted by molar-refractivity contribution is -0.143. The second kappa shape index (κ2) is 7.89. The van der Waals surface area contributed by atoms with Crippen LogP contribution in [0.2, 0.25) is 0 Å². The molecule has 10 heteroatoms. The van der Waals surface area contributed by atoms with E-state index in [0.717, 1.165) is 10.4 Å². The highest BCUT2D eigenvalue weighted by Crippen LogP contribution is 2.28. The molecule has 1 amide bonds. The molecule has 0 bridgehead atoms. The fourth-order valence-corrected chi connectivity index (χ4v) is 2.66. The van der Waals surface area contributed by atoms with Gasteiger partial charge in [0.15, 0.2) is 25.5 Å². The summed E-state index contributed by atoms with van der Waals surface area (Å²) < 4.78 is 10.2. The van der Waals surface area contributed by atoms with Gasteiger partial charge in [0.2, 0.25) is 5.82 Å². The number of carbonyl (C=O) groups excluding carboxylic acids is 3. The van der Waals surface area contributed by atoms with Gasteiger partial charge in [0.05, 0.1) is 5.69 Å². The van der Waals surface area contributed by atoms with Crippen molar-refractivity contribution in [1.29, 1.82) is 0 Å². The quantitative estimate of drug-likeness (QED) is 0.487. The van der Waals surface area contributed by atoms with E-state index in [1.807, 2.05) is 30.3 Å². The maximum absolute atomic E-state index is 12.3. The molecule has 0 aliphatic carbocycles. The molecule has 4 rings (SSSR count). The predicted molar refractivity (Wildman–Crippen MR) is 99.1 cm³/mol. The number of hydrogen-bond donors (Lipinski definition) is 1. The van der Waals surface area contributed by atoms with Crippen molar-refractivity contribution in [2.45, 2.75) is 6.54 Å². The zero-order valence-corrected chi connectivity index (χ0v) is 15.1. The van der Waals surface area contributed by atoms with Gasteiger partial charge in [-0.1, -0.05) is 30.3 Å². The molecule has 146 valence electrons. The third-order valence-corrected chi connectivity index (χ3v) is 4.05. The molecular weight excluding hydrogens is 378 g/mol. The summed E-state index contributed by atoms with van der Waals surface area (Å²) >= 11 is 0. The molecule has 0 atom stereocenters. The van der Waals surface area contributed by atoms with Crippen LogP contribution < -0.4 is 10.1 Å². The maximum atomic E-state index is 12.3. The molecule has 0 radical (unpaired) electrons. The number of ketones is 1. The minimum Gasteiger partial charge on any atom is -0.482 e. The zero-order chi connectivity index (χ0) is 20.2. The Morgan fingerprint density at radius 2 is 2.00 bits per heavy atom. The second-order valence-corrected chi connectivity index (χ2v) is 6.14. The summed E-state index contributed by atoms with van der Waals surface area (Å²) in [4.78, 5) is 36.7. The fourth-order valence-electron chi connectivity index (χ4n) is 2.66. The molecule has 1 aliphatic heterocycles. The van der Waals surface area contributed by atoms with Crippen molar-refractivity contribution in [2.24, 2.45) is 0 Å². The second-order valence-electron chi connectivity index (χ2n) is 6.14. The molecule has 0 fully saturated rings. The van der Waals surface area contributed by atoms with Crippen LogP contribution in [0.15, 0.2) is 48.5 Å². The number of anilines is 1. The van der Waals surface area contributed by atoms with E-state index in [1.54, 1.807) is 6.07 Å². The van der Waals surface area contributed by atoms with E-state index in [1.165, 1.54) is 12.1 Å². The highest BCUT2D eigenvalue weighted by atomic mass is 16.5. The topological polar surface area (TPSA) is 125 Å². The van der Waals surface area contributed by atoms with Crippen molar-refractivity contribution in [2.75, 3.05) is 18.5 Å². The van der Waals surface area contributed by atoms with Gasteiger partial charge in [-0.05, 0) is 23.4 Å². The normalized spacial score (nSPS) is 12.5. The van der Waals surface area contributed by atoms with Crippen LogP contribution in [0.25, 0.3) is 11.4 Å². The lowest BCUT2D eigenvalue weighted by atomic mass is 10.1. The van der Waals surface area contributed by atoms with E-state index in [9.17, 15) is 14.4 Å². The number of nitrogens with zero attached hydrogens (tertiary/aromatic N) is 4. The number of nitrogens with one attached hydrogen (secondary N) is 1. The number of amides is 1. The van der Waals surface area contributed by atoms with Crippen LogP contribution in [0, 0.1) is 0 Å². The Hall–Kier alpha value is -4.08. The van der Waals surface area contributed by atoms with Crippen LogP contribution in [0.5, 0.6) is 5.75 Å². The molecular formula is C19H15N5O5. The summed E-state index contributed by atoms with van der Waals surface area (Å²) in [5.41, 5.74) is 1.46. The smallest absolute Gasteiger partial charge is 0.330 e. The molecule has 0 unspecified atom stereocenters. The highest BCUT2D eigenvalue weighted by molar-refractivity contribution is 6.01. The Bertz CT molecular complexity index is 1080. The first-order valence-corrected chi connectivity index (χ1v) is 8.67. The average molecular weight is 393 g/mol. The van der Waals surface area contributed by atoms with Crippen molar-refractivity contribution < 1.29 is 23.9 Å². The summed E-state index contributed by atoms with van der Waals surface area (Å²) in [6, 6.07) is 13.8. The monoisotopic (exact) mass is 393 g/mol. The van der Waals surface area contributed by atoms with Crippen LogP contribution in [-0.4, -0.2) is 51.1 Å². The number of carbonyl (C=O) groups is 3. The first-order valence-electron chi connectivity index (χ1n) is 8.67. The van der Waals surface area contributed by atoms with Gasteiger partial charge in [0, 0.05) is 11.1 Å². The molecule has 0 saturated heterocycles. The third kappa shape index (κ3) is 4.26. The first-order chi connectivity index (χ1) is 14.1. The number of rotatable bonds is 6. The molecule has 29 heavy (non-hydrogen) atoms. The van der Waals surface area contributed by atoms with Crippen molar-refractivity contribution in [3.63, 3.8) is 0 Å². The highest BCUT2D eigenvalue weighted by Gasteiger charge is 2.19. The molecule has 3 aromatic rings. The molecule has 1 aliphatic rings. The Morgan fingerprint density at radius 3 is 2.83 bits per heavy atom. The Balaban J connectivity index is 1.33. The van der Waals surface area contributed by atoms with Gasteiger partial charge >= 0.3 is 5.97 Å². The zero-order valence-electron chi connectivity index (χ0n) is 15.1. The van der Waals surface area contributed by atoms with E-state index in [2.05, 4.69) is 20.7 Å². The first kappa shape index (κ1) is 18.3. The number of esters is 1. The summed E-state index contributed by atoms with van der Waals surface area (Å²) in [5, 5.41) is 14.4. The van der Waals surface area contributed by atoms with E-state index < -0.39 is 18.4 Å². The lowest BCUT2D eigenvalue weighted by Crippen LogP contribution is -2.25. The third-order valence-electron chi connectivity index (χ3n) is 4.05. The van der Waals surface area contributed by atoms with Crippen LogP contribution >= 0.6 is 0 Å². The largest absolute Gasteiger partial charge is 0.482 e. The van der Waals surface area contributed by atoms with Gasteiger partial charge < -0.3 is 14.8 Å². The van der Waals surface area contributed by atoms with Gasteiger partial charge in [0.25, 0.3) is 5.91 Å². The number of Topliss-reactive ketones (excluding diaryl/α,β-unsaturated/α-hetero) is 1. The molecule has 1 N–H and O–H groups in total. The fraction of sp³-hybridized carbons (Fsp3) is 0.158. The molecule has 2 aromatic carbocycles. The standard InChI is InChI=1S/C19H15N5O5/c25-15(13-6-7-16-14(8-13)20-17(26)11-28-16)10-29-18(27)9-24-22-19(21-23-24)12-4-2-1-3-5-12/h1-8H,9-11H2,(H,20,26). The van der Waals surface area contributed by atoms with E-state index in [4.69, 9.17) is 9.47 Å². The maximum Gasteiger partial charge on any atom is 0.330 e. The van der Waals surface area contributed by atoms with E-state index in [0.29, 0.717) is 17.3 Å². The van der Waals surface area contributed by atoms with Crippen LogP contribution in [-0.2, 0) is 20.9 Å². The average Bonchev–Trinajstić information content (AvgIpc) is 3.20. The molecule has 10 nitrogen and oxygen atoms in total. The van der Waals surface area contributed by atoms with Crippen molar-refractivity contribution in [1.82, 2.24) is 20.2 Å². The molecule has 0 spiro atoms. The van der Waals surface area contributed by atoms with Crippen LogP contribution in [0.1, 0.15) is 10.4 Å². The van der Waals surface area contributed by atoms with Crippen molar-refractivity contribution >= 4 is 23.3 Å². The van der Waals surface area contributed by atoms with Gasteiger partial charge in [0.1, 0.15) is 5.75 Å². The van der Waals surface area contributed by atoms with Crippen LogP contribution in [0.4, 0.5) is 5.69 Å². The number of aromatic nitrogens is 4. The predicted octanol–water partition coefficient (Wildman–Crippen LogP) is 1.10. The van der Waals surface area contributed by atoms with Gasteiger partial charge in [-0.3, -0.25) is 9.59 Å². The van der Waals surface area contributed by atoms with Crippen molar-refractivity contribution in [3.05, 3.63) is 54.1 Å². The van der Waals surface area contributed by atoms with Crippen molar-refractivity contribution in [3.8, 4) is 17.1 Å². The molecule has 2 heterocycles. The molecule has 1 aromatic heterocycles. The Labute approximate surface area is 164 Å². The van der Waals surface area contributed by atoms with Gasteiger partial charge in [-0.15, -0.1) is 10.2 Å². The number of hydrogen-bond acceptors (Lipinski definition) is 8. The van der Waals surface area contributed by atoms with Gasteiger partial charge in [-0.2, -0.15) is 4.80 Å². The summed E-state index contributed by atoms with van der Waals surface area (Å²) in [6.07, 6.45) is 0. The van der Waals surface area contributed by atoms with E-state index in [-0.39, 0.29) is 24.6 Å². The minimum atomic E-state index is -0.676. The number of ether oxygens (including phenoxy) is 2.